The zero-order valence-corrected chi connectivity index (χ0v) is 12.8. The van der Waals surface area contributed by atoms with Gasteiger partial charge >= 0.3 is 0 Å². The summed E-state index contributed by atoms with van der Waals surface area (Å²) in [6, 6.07) is 8.90. The number of ether oxygens (including phenoxy) is 3. The van der Waals surface area contributed by atoms with E-state index >= 15 is 0 Å². The van der Waals surface area contributed by atoms with E-state index in [1.807, 2.05) is 24.3 Å². The molecule has 2 aromatic rings. The van der Waals surface area contributed by atoms with Crippen LogP contribution in [-0.2, 0) is 0 Å². The third-order valence-electron chi connectivity index (χ3n) is 3.20. The Kier molecular flexibility index (Phi) is 4.78. The fourth-order valence-corrected chi connectivity index (χ4v) is 2.11. The van der Waals surface area contributed by atoms with Crippen LogP contribution in [0.25, 0.3) is 12.2 Å². The second kappa shape index (κ2) is 6.76. The summed E-state index contributed by atoms with van der Waals surface area (Å²) in [5.41, 5.74) is 8.15. The van der Waals surface area contributed by atoms with E-state index in [2.05, 4.69) is 0 Å². The van der Waals surface area contributed by atoms with Crippen molar-refractivity contribution in [3.63, 3.8) is 0 Å². The summed E-state index contributed by atoms with van der Waals surface area (Å²) in [6.45, 7) is 0. The lowest BCUT2D eigenvalue weighted by Gasteiger charge is -2.10. The molecule has 116 valence electrons. The molecule has 0 bridgehead atoms. The molecule has 22 heavy (non-hydrogen) atoms. The number of hydrogen-bond donors (Lipinski definition) is 2. The van der Waals surface area contributed by atoms with E-state index in [1.165, 1.54) is 14.2 Å². The van der Waals surface area contributed by atoms with Gasteiger partial charge in [0, 0.05) is 0 Å². The molecule has 0 aliphatic carbocycles. The highest BCUT2D eigenvalue weighted by Crippen LogP contribution is 2.37. The standard InChI is InChI=1S/C17H19NO4/c1-20-15-7-6-11(8-13(15)18)4-5-12-9-14(19)17(22-3)16(10-12)21-2/h4-10,19H,18H2,1-3H3/b5-4-. The van der Waals surface area contributed by atoms with Gasteiger partial charge in [-0.1, -0.05) is 18.2 Å². The molecule has 0 radical (unpaired) electrons. The Morgan fingerprint density at radius 2 is 1.55 bits per heavy atom. The summed E-state index contributed by atoms with van der Waals surface area (Å²) in [6.07, 6.45) is 3.74. The van der Waals surface area contributed by atoms with Gasteiger partial charge in [0.2, 0.25) is 5.75 Å². The molecule has 0 aliphatic heterocycles. The van der Waals surface area contributed by atoms with E-state index in [0.29, 0.717) is 22.9 Å². The number of benzene rings is 2. The highest BCUT2D eigenvalue weighted by atomic mass is 16.5. The lowest BCUT2D eigenvalue weighted by Crippen LogP contribution is -1.92. The van der Waals surface area contributed by atoms with E-state index in [1.54, 1.807) is 25.3 Å². The SMILES string of the molecule is COc1ccc(/C=C\c2cc(O)c(OC)c(OC)c2)cc1N. The summed E-state index contributed by atoms with van der Waals surface area (Å²) in [4.78, 5) is 0. The van der Waals surface area contributed by atoms with Crippen molar-refractivity contribution in [2.24, 2.45) is 0 Å². The summed E-state index contributed by atoms with van der Waals surface area (Å²) >= 11 is 0. The van der Waals surface area contributed by atoms with Crippen LogP contribution in [0.2, 0.25) is 0 Å². The number of nitrogen functional groups attached to an aromatic ring is 1. The van der Waals surface area contributed by atoms with Gasteiger partial charge < -0.3 is 25.1 Å². The van der Waals surface area contributed by atoms with Gasteiger partial charge in [0.15, 0.2) is 11.5 Å². The highest BCUT2D eigenvalue weighted by molar-refractivity contribution is 5.74. The molecule has 2 rings (SSSR count). The molecular formula is C17H19NO4. The Hall–Kier alpha value is -2.82. The molecule has 0 amide bonds. The molecule has 0 atom stereocenters. The van der Waals surface area contributed by atoms with Crippen molar-refractivity contribution in [1.82, 2.24) is 0 Å². The Morgan fingerprint density at radius 1 is 0.864 bits per heavy atom. The van der Waals surface area contributed by atoms with Gasteiger partial charge in [-0.05, 0) is 35.4 Å². The van der Waals surface area contributed by atoms with Crippen molar-refractivity contribution in [3.05, 3.63) is 41.5 Å². The normalized spacial score (nSPS) is 10.7. The Labute approximate surface area is 129 Å². The van der Waals surface area contributed by atoms with Crippen LogP contribution in [-0.4, -0.2) is 26.4 Å². The van der Waals surface area contributed by atoms with Gasteiger partial charge in [0.25, 0.3) is 0 Å². The molecule has 5 nitrogen and oxygen atoms in total. The fourth-order valence-electron chi connectivity index (χ4n) is 2.11. The monoisotopic (exact) mass is 301 g/mol. The van der Waals surface area contributed by atoms with E-state index < -0.39 is 0 Å². The summed E-state index contributed by atoms with van der Waals surface area (Å²) in [5, 5.41) is 9.94. The van der Waals surface area contributed by atoms with Gasteiger partial charge in [-0.2, -0.15) is 0 Å². The zero-order valence-electron chi connectivity index (χ0n) is 12.8. The summed E-state index contributed by atoms with van der Waals surface area (Å²) in [5.74, 6) is 1.45. The van der Waals surface area contributed by atoms with Crippen LogP contribution >= 0.6 is 0 Å². The maximum Gasteiger partial charge on any atom is 0.203 e. The van der Waals surface area contributed by atoms with Gasteiger partial charge in [-0.15, -0.1) is 0 Å². The smallest absolute Gasteiger partial charge is 0.203 e. The molecule has 0 unspecified atom stereocenters. The highest BCUT2D eigenvalue weighted by Gasteiger charge is 2.10. The van der Waals surface area contributed by atoms with E-state index in [-0.39, 0.29) is 5.75 Å². The molecule has 0 spiro atoms. The molecule has 5 heteroatoms. The first kappa shape index (κ1) is 15.6. The van der Waals surface area contributed by atoms with E-state index in [0.717, 1.165) is 11.1 Å². The summed E-state index contributed by atoms with van der Waals surface area (Å²) in [7, 11) is 4.58. The van der Waals surface area contributed by atoms with Gasteiger partial charge in [-0.3, -0.25) is 0 Å². The minimum atomic E-state index is 0.0238. The first-order chi connectivity index (χ1) is 10.6. The lowest BCUT2D eigenvalue weighted by molar-refractivity contribution is 0.333. The molecule has 0 saturated heterocycles. The Bertz CT molecular complexity index is 695. The van der Waals surface area contributed by atoms with Crippen molar-refractivity contribution < 1.29 is 19.3 Å². The van der Waals surface area contributed by atoms with Crippen LogP contribution in [0, 0.1) is 0 Å². The summed E-state index contributed by atoms with van der Waals surface area (Å²) < 4.78 is 15.4. The second-order valence-electron chi connectivity index (χ2n) is 4.61. The molecular weight excluding hydrogens is 282 g/mol. The average Bonchev–Trinajstić information content (AvgIpc) is 2.52. The number of phenolic OH excluding ortho intramolecular Hbond substituents is 1. The van der Waals surface area contributed by atoms with E-state index in [9.17, 15) is 5.11 Å². The van der Waals surface area contributed by atoms with Crippen LogP contribution in [0.4, 0.5) is 5.69 Å². The number of aromatic hydroxyl groups is 1. The van der Waals surface area contributed by atoms with Crippen LogP contribution in [0.15, 0.2) is 30.3 Å². The molecule has 2 aromatic carbocycles. The van der Waals surface area contributed by atoms with Gasteiger partial charge in [-0.25, -0.2) is 0 Å². The Balaban J connectivity index is 2.30. The molecule has 0 aliphatic rings. The van der Waals surface area contributed by atoms with Crippen molar-refractivity contribution >= 4 is 17.8 Å². The zero-order chi connectivity index (χ0) is 16.1. The van der Waals surface area contributed by atoms with Gasteiger partial charge in [0.1, 0.15) is 5.75 Å². The van der Waals surface area contributed by atoms with Gasteiger partial charge in [0.05, 0.1) is 27.0 Å². The quantitative estimate of drug-likeness (QED) is 0.655. The van der Waals surface area contributed by atoms with Crippen LogP contribution in [0.1, 0.15) is 11.1 Å². The number of anilines is 1. The van der Waals surface area contributed by atoms with Crippen LogP contribution in [0.3, 0.4) is 0 Å². The maximum atomic E-state index is 9.94. The predicted molar refractivity (Wildman–Crippen MR) is 87.5 cm³/mol. The van der Waals surface area contributed by atoms with Crippen molar-refractivity contribution in [2.75, 3.05) is 27.1 Å². The number of nitrogens with two attached hydrogens (primary N) is 1. The van der Waals surface area contributed by atoms with E-state index in [4.69, 9.17) is 19.9 Å². The molecule has 3 N–H and O–H groups in total. The number of rotatable bonds is 5. The first-order valence-corrected chi connectivity index (χ1v) is 6.65. The largest absolute Gasteiger partial charge is 0.504 e. The molecule has 0 aromatic heterocycles. The second-order valence-corrected chi connectivity index (χ2v) is 4.61. The average molecular weight is 301 g/mol. The third kappa shape index (κ3) is 3.25. The van der Waals surface area contributed by atoms with Crippen molar-refractivity contribution in [1.29, 1.82) is 0 Å². The maximum absolute atomic E-state index is 9.94. The topological polar surface area (TPSA) is 73.9 Å². The number of phenols is 1. The van der Waals surface area contributed by atoms with Crippen LogP contribution in [0.5, 0.6) is 23.0 Å². The van der Waals surface area contributed by atoms with Crippen molar-refractivity contribution in [2.45, 2.75) is 0 Å². The lowest BCUT2D eigenvalue weighted by atomic mass is 10.1. The minimum Gasteiger partial charge on any atom is -0.504 e. The first-order valence-electron chi connectivity index (χ1n) is 6.65. The number of methoxy groups -OCH3 is 3. The third-order valence-corrected chi connectivity index (χ3v) is 3.20. The molecule has 0 heterocycles. The molecule has 0 saturated carbocycles. The Morgan fingerprint density at radius 3 is 2.14 bits per heavy atom. The minimum absolute atomic E-state index is 0.0238. The molecule has 0 fully saturated rings. The predicted octanol–water partition coefficient (Wildman–Crippen LogP) is 3.17. The van der Waals surface area contributed by atoms with Crippen LogP contribution < -0.4 is 19.9 Å². The van der Waals surface area contributed by atoms with Crippen molar-refractivity contribution in [3.8, 4) is 23.0 Å². The number of hydrogen-bond acceptors (Lipinski definition) is 5. The fraction of sp³-hybridized carbons (Fsp3) is 0.176.